The van der Waals surface area contributed by atoms with Crippen molar-refractivity contribution in [2.75, 3.05) is 5.75 Å². The molecule has 1 fully saturated rings. The molecule has 0 saturated carbocycles. The highest BCUT2D eigenvalue weighted by molar-refractivity contribution is 7.99. The molecule has 1 aromatic carbocycles. The summed E-state index contributed by atoms with van der Waals surface area (Å²) in [6, 6.07) is 7.29. The van der Waals surface area contributed by atoms with Gasteiger partial charge in [-0.1, -0.05) is 19.1 Å². The van der Waals surface area contributed by atoms with Gasteiger partial charge in [-0.3, -0.25) is 0 Å². The molecular formula is C13H20N2O2S2. The minimum absolute atomic E-state index is 0.165. The Morgan fingerprint density at radius 1 is 1.37 bits per heavy atom. The van der Waals surface area contributed by atoms with Crippen LogP contribution in [0.2, 0.25) is 0 Å². The van der Waals surface area contributed by atoms with Gasteiger partial charge in [-0.05, 0) is 36.3 Å². The summed E-state index contributed by atoms with van der Waals surface area (Å²) in [5.74, 6) is 1.25. The van der Waals surface area contributed by atoms with E-state index in [1.54, 1.807) is 12.1 Å². The SMILES string of the molecule is CC1SCCCC1NCc1ccc(S(N)(=O)=O)cc1. The van der Waals surface area contributed by atoms with Crippen molar-refractivity contribution in [3.8, 4) is 0 Å². The van der Waals surface area contributed by atoms with Crippen molar-refractivity contribution in [1.82, 2.24) is 5.32 Å². The van der Waals surface area contributed by atoms with E-state index in [0.717, 1.165) is 12.1 Å². The first kappa shape index (κ1) is 14.8. The summed E-state index contributed by atoms with van der Waals surface area (Å²) >= 11 is 2.01. The second kappa shape index (κ2) is 6.26. The van der Waals surface area contributed by atoms with E-state index in [1.165, 1.54) is 18.6 Å². The maximum absolute atomic E-state index is 11.2. The van der Waals surface area contributed by atoms with Crippen LogP contribution < -0.4 is 10.5 Å². The van der Waals surface area contributed by atoms with Crippen molar-refractivity contribution < 1.29 is 8.42 Å². The van der Waals surface area contributed by atoms with Crippen molar-refractivity contribution in [2.45, 2.75) is 42.5 Å². The summed E-state index contributed by atoms with van der Waals surface area (Å²) in [5.41, 5.74) is 1.08. The second-order valence-corrected chi connectivity index (χ2v) is 7.94. The van der Waals surface area contributed by atoms with E-state index in [0.29, 0.717) is 11.3 Å². The van der Waals surface area contributed by atoms with Gasteiger partial charge in [-0.25, -0.2) is 13.6 Å². The van der Waals surface area contributed by atoms with Gasteiger partial charge in [0.25, 0.3) is 0 Å². The molecule has 19 heavy (non-hydrogen) atoms. The highest BCUT2D eigenvalue weighted by Crippen LogP contribution is 2.25. The van der Waals surface area contributed by atoms with Gasteiger partial charge in [0.1, 0.15) is 0 Å². The summed E-state index contributed by atoms with van der Waals surface area (Å²) in [4.78, 5) is 0.165. The molecule has 1 heterocycles. The van der Waals surface area contributed by atoms with E-state index in [2.05, 4.69) is 12.2 Å². The van der Waals surface area contributed by atoms with Crippen molar-refractivity contribution in [3.05, 3.63) is 29.8 Å². The fraction of sp³-hybridized carbons (Fsp3) is 0.538. The number of nitrogens with one attached hydrogen (secondary N) is 1. The third-order valence-electron chi connectivity index (χ3n) is 3.43. The molecular weight excluding hydrogens is 280 g/mol. The average Bonchev–Trinajstić information content (AvgIpc) is 2.37. The average molecular weight is 300 g/mol. The first-order valence-electron chi connectivity index (χ1n) is 6.43. The molecule has 0 bridgehead atoms. The first-order valence-corrected chi connectivity index (χ1v) is 9.03. The molecule has 0 amide bonds. The summed E-state index contributed by atoms with van der Waals surface area (Å²) in [7, 11) is -3.59. The molecule has 3 N–H and O–H groups in total. The Morgan fingerprint density at radius 3 is 2.63 bits per heavy atom. The van der Waals surface area contributed by atoms with Gasteiger partial charge in [0, 0.05) is 17.8 Å². The number of rotatable bonds is 4. The van der Waals surface area contributed by atoms with E-state index in [1.807, 2.05) is 23.9 Å². The number of thioether (sulfide) groups is 1. The van der Waals surface area contributed by atoms with Crippen LogP contribution in [0, 0.1) is 0 Å². The minimum Gasteiger partial charge on any atom is -0.309 e. The van der Waals surface area contributed by atoms with Crippen LogP contribution in [0.3, 0.4) is 0 Å². The number of sulfonamides is 1. The topological polar surface area (TPSA) is 72.2 Å². The molecule has 0 radical (unpaired) electrons. The Balaban J connectivity index is 1.93. The third kappa shape index (κ3) is 4.21. The zero-order valence-electron chi connectivity index (χ0n) is 11.0. The molecule has 1 aliphatic rings. The zero-order chi connectivity index (χ0) is 13.9. The number of primary sulfonamides is 1. The fourth-order valence-electron chi connectivity index (χ4n) is 2.24. The standard InChI is InChI=1S/C13H20N2O2S2/c1-10-13(3-2-8-18-10)15-9-11-4-6-12(7-5-11)19(14,16)17/h4-7,10,13,15H,2-3,8-9H2,1H3,(H2,14,16,17). The quantitative estimate of drug-likeness (QED) is 0.888. The fourth-order valence-corrected chi connectivity index (χ4v) is 3.92. The maximum atomic E-state index is 11.2. The molecule has 6 heteroatoms. The van der Waals surface area contributed by atoms with Crippen molar-refractivity contribution in [1.29, 1.82) is 0 Å². The monoisotopic (exact) mass is 300 g/mol. The maximum Gasteiger partial charge on any atom is 0.238 e. The predicted molar refractivity (Wildman–Crippen MR) is 79.6 cm³/mol. The lowest BCUT2D eigenvalue weighted by atomic mass is 10.1. The van der Waals surface area contributed by atoms with Crippen molar-refractivity contribution in [2.24, 2.45) is 5.14 Å². The summed E-state index contributed by atoms with van der Waals surface area (Å²) in [5, 5.41) is 9.25. The molecule has 1 aromatic rings. The Kier molecular flexibility index (Phi) is 4.89. The number of hydrogen-bond acceptors (Lipinski definition) is 4. The molecule has 1 aliphatic heterocycles. The second-order valence-electron chi connectivity index (χ2n) is 4.89. The van der Waals surface area contributed by atoms with E-state index in [4.69, 9.17) is 5.14 Å². The Morgan fingerprint density at radius 2 is 2.05 bits per heavy atom. The van der Waals surface area contributed by atoms with Crippen LogP contribution >= 0.6 is 11.8 Å². The van der Waals surface area contributed by atoms with Gasteiger partial charge >= 0.3 is 0 Å². The molecule has 0 spiro atoms. The zero-order valence-corrected chi connectivity index (χ0v) is 12.6. The lowest BCUT2D eigenvalue weighted by Crippen LogP contribution is -2.38. The summed E-state index contributed by atoms with van der Waals surface area (Å²) in [6.07, 6.45) is 2.47. The summed E-state index contributed by atoms with van der Waals surface area (Å²) in [6.45, 7) is 3.02. The van der Waals surface area contributed by atoms with Gasteiger partial charge in [-0.15, -0.1) is 0 Å². The Bertz CT molecular complexity index is 514. The van der Waals surface area contributed by atoms with Crippen LogP contribution in [0.25, 0.3) is 0 Å². The van der Waals surface area contributed by atoms with E-state index in [-0.39, 0.29) is 4.90 Å². The van der Waals surface area contributed by atoms with Gasteiger partial charge in [0.2, 0.25) is 10.0 Å². The Hall–Kier alpha value is -0.560. The lowest BCUT2D eigenvalue weighted by Gasteiger charge is -2.29. The lowest BCUT2D eigenvalue weighted by molar-refractivity contribution is 0.462. The van der Waals surface area contributed by atoms with Gasteiger partial charge in [0.15, 0.2) is 0 Å². The van der Waals surface area contributed by atoms with Crippen molar-refractivity contribution >= 4 is 21.8 Å². The first-order chi connectivity index (χ1) is 8.97. The Labute approximate surface area is 119 Å². The molecule has 0 aromatic heterocycles. The van der Waals surface area contributed by atoms with Crippen LogP contribution in [-0.4, -0.2) is 25.5 Å². The number of nitrogens with two attached hydrogens (primary N) is 1. The van der Waals surface area contributed by atoms with Crippen LogP contribution in [0.5, 0.6) is 0 Å². The third-order valence-corrected chi connectivity index (χ3v) is 5.74. The van der Waals surface area contributed by atoms with Crippen LogP contribution in [0.4, 0.5) is 0 Å². The minimum atomic E-state index is -3.59. The molecule has 2 unspecified atom stereocenters. The number of hydrogen-bond donors (Lipinski definition) is 2. The number of benzene rings is 1. The highest BCUT2D eigenvalue weighted by Gasteiger charge is 2.20. The molecule has 4 nitrogen and oxygen atoms in total. The molecule has 0 aliphatic carbocycles. The molecule has 2 atom stereocenters. The normalized spacial score (nSPS) is 24.3. The molecule has 2 rings (SSSR count). The van der Waals surface area contributed by atoms with Gasteiger partial charge < -0.3 is 5.32 Å². The van der Waals surface area contributed by atoms with Crippen molar-refractivity contribution in [3.63, 3.8) is 0 Å². The van der Waals surface area contributed by atoms with Gasteiger partial charge in [-0.2, -0.15) is 11.8 Å². The smallest absolute Gasteiger partial charge is 0.238 e. The van der Waals surface area contributed by atoms with Crippen LogP contribution in [0.1, 0.15) is 25.3 Å². The van der Waals surface area contributed by atoms with E-state index >= 15 is 0 Å². The molecule has 1 saturated heterocycles. The highest BCUT2D eigenvalue weighted by atomic mass is 32.2. The molecule has 106 valence electrons. The van der Waals surface area contributed by atoms with Crippen LogP contribution in [0.15, 0.2) is 29.2 Å². The van der Waals surface area contributed by atoms with Gasteiger partial charge in [0.05, 0.1) is 4.90 Å². The van der Waals surface area contributed by atoms with E-state index in [9.17, 15) is 8.42 Å². The predicted octanol–water partition coefficient (Wildman–Crippen LogP) is 1.71. The largest absolute Gasteiger partial charge is 0.309 e. The summed E-state index contributed by atoms with van der Waals surface area (Å²) < 4.78 is 22.3. The van der Waals surface area contributed by atoms with E-state index < -0.39 is 10.0 Å². The van der Waals surface area contributed by atoms with Crippen LogP contribution in [-0.2, 0) is 16.6 Å².